The van der Waals surface area contributed by atoms with E-state index in [9.17, 15) is 4.79 Å². The molecule has 136 valence electrons. The average Bonchev–Trinajstić information content (AvgIpc) is 3.10. The molecule has 0 bridgehead atoms. The zero-order chi connectivity index (χ0) is 17.5. The topological polar surface area (TPSA) is 56.8 Å². The molecule has 1 saturated carbocycles. The van der Waals surface area contributed by atoms with Gasteiger partial charge >= 0.3 is 0 Å². The Morgan fingerprint density at radius 1 is 1.28 bits per heavy atom. The fourth-order valence-corrected chi connectivity index (χ4v) is 3.35. The number of carbonyl (C=O) groups excluding carboxylic acids is 1. The molecule has 2 aliphatic rings. The van der Waals surface area contributed by atoms with Crippen LogP contribution in [0.5, 0.6) is 11.5 Å². The van der Waals surface area contributed by atoms with Gasteiger partial charge in [0.2, 0.25) is 12.7 Å². The highest BCUT2D eigenvalue weighted by Crippen LogP contribution is 2.40. The SMILES string of the molecule is O=C(/C=C/c1cc(Cl)c2c(c1)OCO2)NCCCOC1CCCCC1. The minimum Gasteiger partial charge on any atom is -0.454 e. The van der Waals surface area contributed by atoms with Crippen LogP contribution in [0.15, 0.2) is 18.2 Å². The molecular weight excluding hydrogens is 342 g/mol. The summed E-state index contributed by atoms with van der Waals surface area (Å²) in [7, 11) is 0. The predicted octanol–water partition coefficient (Wildman–Crippen LogP) is 3.94. The first kappa shape index (κ1) is 18.1. The van der Waals surface area contributed by atoms with Crippen LogP contribution in [0.2, 0.25) is 5.02 Å². The van der Waals surface area contributed by atoms with Gasteiger partial charge in [0.25, 0.3) is 0 Å². The monoisotopic (exact) mass is 365 g/mol. The first-order valence-electron chi connectivity index (χ1n) is 8.89. The quantitative estimate of drug-likeness (QED) is 0.587. The maximum Gasteiger partial charge on any atom is 0.244 e. The minimum atomic E-state index is -0.133. The Morgan fingerprint density at radius 3 is 2.96 bits per heavy atom. The van der Waals surface area contributed by atoms with E-state index in [4.69, 9.17) is 25.8 Å². The molecule has 0 spiro atoms. The summed E-state index contributed by atoms with van der Waals surface area (Å²) in [4.78, 5) is 11.9. The Labute approximate surface area is 153 Å². The molecule has 1 aliphatic heterocycles. The fraction of sp³-hybridized carbons (Fsp3) is 0.526. The summed E-state index contributed by atoms with van der Waals surface area (Å²) in [6.45, 7) is 1.48. The van der Waals surface area contributed by atoms with Gasteiger partial charge in [0, 0.05) is 19.2 Å². The summed E-state index contributed by atoms with van der Waals surface area (Å²) in [5.41, 5.74) is 0.796. The molecular formula is C19H24ClNO4. The van der Waals surface area contributed by atoms with E-state index < -0.39 is 0 Å². The lowest BCUT2D eigenvalue weighted by Crippen LogP contribution is -2.24. The second-order valence-corrected chi connectivity index (χ2v) is 6.75. The van der Waals surface area contributed by atoms with E-state index in [2.05, 4.69) is 5.32 Å². The van der Waals surface area contributed by atoms with Crippen LogP contribution in [-0.4, -0.2) is 32.0 Å². The largest absolute Gasteiger partial charge is 0.454 e. The number of hydrogen-bond acceptors (Lipinski definition) is 4. The Kier molecular flexibility index (Phi) is 6.59. The first-order valence-corrected chi connectivity index (χ1v) is 9.27. The van der Waals surface area contributed by atoms with Gasteiger partial charge in [-0.1, -0.05) is 30.9 Å². The number of ether oxygens (including phenoxy) is 3. The number of carbonyl (C=O) groups is 1. The molecule has 1 aliphatic carbocycles. The number of hydrogen-bond donors (Lipinski definition) is 1. The number of halogens is 1. The molecule has 1 amide bonds. The molecule has 0 unspecified atom stereocenters. The van der Waals surface area contributed by atoms with Crippen molar-refractivity contribution >= 4 is 23.6 Å². The Hall–Kier alpha value is -1.72. The maximum atomic E-state index is 11.9. The molecule has 1 N–H and O–H groups in total. The van der Waals surface area contributed by atoms with Crippen LogP contribution in [0.1, 0.15) is 44.1 Å². The zero-order valence-corrected chi connectivity index (χ0v) is 15.0. The molecule has 5 nitrogen and oxygen atoms in total. The summed E-state index contributed by atoms with van der Waals surface area (Å²) in [5, 5.41) is 3.34. The number of fused-ring (bicyclic) bond motifs is 1. The lowest BCUT2D eigenvalue weighted by molar-refractivity contribution is -0.116. The van der Waals surface area contributed by atoms with Gasteiger partial charge < -0.3 is 19.5 Å². The van der Waals surface area contributed by atoms with Crippen LogP contribution in [0.4, 0.5) is 0 Å². The predicted molar refractivity (Wildman–Crippen MR) is 97.1 cm³/mol. The molecule has 1 fully saturated rings. The molecule has 1 aromatic rings. The normalized spacial score (nSPS) is 17.2. The standard InChI is InChI=1S/C19H24ClNO4/c20-16-11-14(12-17-19(16)25-13-24-17)7-8-18(22)21-9-4-10-23-15-5-2-1-3-6-15/h7-8,11-12,15H,1-6,9-10,13H2,(H,21,22)/b8-7+. The van der Waals surface area contributed by atoms with Gasteiger partial charge in [-0.3, -0.25) is 4.79 Å². The van der Waals surface area contributed by atoms with Crippen molar-refractivity contribution in [2.24, 2.45) is 0 Å². The van der Waals surface area contributed by atoms with Gasteiger partial charge in [-0.25, -0.2) is 0 Å². The van der Waals surface area contributed by atoms with Crippen molar-refractivity contribution in [2.45, 2.75) is 44.6 Å². The van der Waals surface area contributed by atoms with E-state index in [0.29, 0.717) is 35.8 Å². The van der Waals surface area contributed by atoms with Crippen molar-refractivity contribution in [1.29, 1.82) is 0 Å². The third kappa shape index (κ3) is 5.38. The number of amides is 1. The van der Waals surface area contributed by atoms with Crippen molar-refractivity contribution in [1.82, 2.24) is 5.32 Å². The van der Waals surface area contributed by atoms with E-state index in [1.54, 1.807) is 18.2 Å². The average molecular weight is 366 g/mol. The van der Waals surface area contributed by atoms with Gasteiger partial charge in [0.05, 0.1) is 11.1 Å². The van der Waals surface area contributed by atoms with Crippen molar-refractivity contribution < 1.29 is 19.0 Å². The van der Waals surface area contributed by atoms with E-state index in [1.165, 1.54) is 38.2 Å². The zero-order valence-electron chi connectivity index (χ0n) is 14.3. The fourth-order valence-electron chi connectivity index (χ4n) is 3.08. The lowest BCUT2D eigenvalue weighted by Gasteiger charge is -2.21. The minimum absolute atomic E-state index is 0.133. The second kappa shape index (κ2) is 9.11. The summed E-state index contributed by atoms with van der Waals surface area (Å²) in [6.07, 6.45) is 10.7. The van der Waals surface area contributed by atoms with Crippen molar-refractivity contribution in [3.63, 3.8) is 0 Å². The highest BCUT2D eigenvalue weighted by atomic mass is 35.5. The lowest BCUT2D eigenvalue weighted by atomic mass is 9.98. The number of nitrogens with one attached hydrogen (secondary N) is 1. The maximum absolute atomic E-state index is 11.9. The Balaban J connectivity index is 1.36. The van der Waals surface area contributed by atoms with Crippen LogP contribution < -0.4 is 14.8 Å². The van der Waals surface area contributed by atoms with Gasteiger partial charge in [-0.2, -0.15) is 0 Å². The van der Waals surface area contributed by atoms with Gasteiger partial charge in [0.15, 0.2) is 11.5 Å². The molecule has 25 heavy (non-hydrogen) atoms. The molecule has 3 rings (SSSR count). The van der Waals surface area contributed by atoms with E-state index >= 15 is 0 Å². The number of rotatable bonds is 7. The van der Waals surface area contributed by atoms with Crippen LogP contribution in [0.3, 0.4) is 0 Å². The molecule has 6 heteroatoms. The summed E-state index contributed by atoms with van der Waals surface area (Å²) in [6, 6.07) is 3.55. The van der Waals surface area contributed by atoms with E-state index in [-0.39, 0.29) is 12.7 Å². The number of benzene rings is 1. The molecule has 1 heterocycles. The Bertz CT molecular complexity index is 626. The third-order valence-corrected chi connectivity index (χ3v) is 4.68. The Morgan fingerprint density at radius 2 is 2.12 bits per heavy atom. The molecule has 0 saturated heterocycles. The van der Waals surface area contributed by atoms with Gasteiger partial charge in [-0.15, -0.1) is 0 Å². The third-order valence-electron chi connectivity index (χ3n) is 4.40. The summed E-state index contributed by atoms with van der Waals surface area (Å²) in [5.74, 6) is 1.03. The van der Waals surface area contributed by atoms with Crippen LogP contribution >= 0.6 is 11.6 Å². The summed E-state index contributed by atoms with van der Waals surface area (Å²) >= 11 is 6.12. The molecule has 1 aromatic carbocycles. The first-order chi connectivity index (χ1) is 12.2. The molecule has 0 radical (unpaired) electrons. The highest BCUT2D eigenvalue weighted by molar-refractivity contribution is 6.32. The second-order valence-electron chi connectivity index (χ2n) is 6.35. The van der Waals surface area contributed by atoms with Crippen molar-refractivity contribution in [3.8, 4) is 11.5 Å². The molecule has 0 atom stereocenters. The van der Waals surface area contributed by atoms with Crippen LogP contribution in [0.25, 0.3) is 6.08 Å². The van der Waals surface area contributed by atoms with Crippen molar-refractivity contribution in [2.75, 3.05) is 19.9 Å². The molecule has 0 aromatic heterocycles. The smallest absolute Gasteiger partial charge is 0.244 e. The highest BCUT2D eigenvalue weighted by Gasteiger charge is 2.17. The van der Waals surface area contributed by atoms with Crippen LogP contribution in [-0.2, 0) is 9.53 Å². The van der Waals surface area contributed by atoms with Gasteiger partial charge in [0.1, 0.15) is 0 Å². The van der Waals surface area contributed by atoms with Gasteiger partial charge in [-0.05, 0) is 43.0 Å². The van der Waals surface area contributed by atoms with E-state index in [1.807, 2.05) is 0 Å². The van der Waals surface area contributed by atoms with Crippen LogP contribution in [0, 0.1) is 0 Å². The van der Waals surface area contributed by atoms with Crippen molar-refractivity contribution in [3.05, 3.63) is 28.8 Å². The van der Waals surface area contributed by atoms with E-state index in [0.717, 1.165) is 12.0 Å². The summed E-state index contributed by atoms with van der Waals surface area (Å²) < 4.78 is 16.4.